The van der Waals surface area contributed by atoms with E-state index in [0.29, 0.717) is 185 Å². The lowest BCUT2D eigenvalue weighted by atomic mass is 9.88. The van der Waals surface area contributed by atoms with Crippen molar-refractivity contribution in [3.8, 4) is 0 Å². The number of aliphatic hydroxyl groups excluding tert-OH is 3. The van der Waals surface area contributed by atoms with E-state index in [9.17, 15) is 44.4 Å². The van der Waals surface area contributed by atoms with Gasteiger partial charge < -0.3 is 113 Å². The number of benzene rings is 2. The number of aromatic nitrogens is 3. The smallest absolute Gasteiger partial charge is 0.364 e. The Morgan fingerprint density at radius 1 is 0.677 bits per heavy atom. The average Bonchev–Trinajstić information content (AvgIpc) is 0.996. The number of aliphatic hydroxyl groups is 3. The van der Waals surface area contributed by atoms with Crippen LogP contribution in [0.5, 0.6) is 0 Å². The standard InChI is InChI=1S/C63H97ClN8O23S/c64-48-12-10-46(11-13-48)38-55(76)66-40-51(74)59(78)60-58(68-56(77)42-73)52(39-63(95-60,61(79)80)94-43-47-6-2-1-3-7-47)93-44-49-41-72(71-70-49)15-17-83-19-21-85-23-25-87-27-29-89-31-33-91-35-37-92-36-34-90-32-30-88-28-26-86-24-22-84-20-18-82-16-14-65-54(75)9-5-4-8-53-57-50(45-96-53)67-62(81)69-57/h1-3,6-7,10-13,41,50-53,57-60,73-74,78H,4-5,8-9,14-40,42-45H2,(H,65,75)(H,66,76)(H,68,77)(H,79,80)(H2,67,69,81)/t50-,51+,52-,53-,57-,58+,59+,60+,63+/m0/s1. The minimum absolute atomic E-state index is 0.0242. The van der Waals surface area contributed by atoms with Crippen LogP contribution in [0.15, 0.2) is 60.8 Å². The number of unbranched alkanes of at least 4 members (excludes halogenated alkanes) is 1. The molecule has 0 spiro atoms. The molecule has 0 bridgehead atoms. The fraction of sp³-hybridized carbons (Fsp3) is 0.698. The number of ether oxygens (including phenoxy) is 14. The van der Waals surface area contributed by atoms with Crippen LogP contribution in [-0.2, 0) is 112 Å². The summed E-state index contributed by atoms with van der Waals surface area (Å²) in [6.45, 7) is 7.75. The van der Waals surface area contributed by atoms with E-state index in [1.165, 1.54) is 4.68 Å². The van der Waals surface area contributed by atoms with E-state index in [1.807, 2.05) is 11.8 Å². The third-order valence-electron chi connectivity index (χ3n) is 15.0. The van der Waals surface area contributed by atoms with Crippen molar-refractivity contribution >= 4 is 53.1 Å². The van der Waals surface area contributed by atoms with Crippen molar-refractivity contribution < 1.29 is 111 Å². The summed E-state index contributed by atoms with van der Waals surface area (Å²) in [5.41, 5.74) is 1.55. The average molecular weight is 1400 g/mol. The van der Waals surface area contributed by atoms with Crippen molar-refractivity contribution in [3.63, 3.8) is 0 Å². The Kier molecular flexibility index (Phi) is 39.5. The van der Waals surface area contributed by atoms with E-state index >= 15 is 0 Å². The SMILES string of the molecule is O=C(CCCC[C@@H]1SC[C@@H]2NC(=O)N[C@@H]21)NCCOCCOCCOCCOCCOCCOCCOCCOCCOCCOCCOCCn1cc(CO[C@H]2C[C@](OCc3ccccc3)(C(=O)O)O[C@@H]([C@H](O)[C@H](O)CNC(=O)Cc3ccc(Cl)cc3)[C@@H]2NC(=O)CO)nn1. The van der Waals surface area contributed by atoms with Gasteiger partial charge in [-0.15, -0.1) is 5.10 Å². The van der Waals surface area contributed by atoms with E-state index in [-0.39, 0.29) is 50.3 Å². The summed E-state index contributed by atoms with van der Waals surface area (Å²) in [7, 11) is 0. The highest BCUT2D eigenvalue weighted by Gasteiger charge is 2.57. The summed E-state index contributed by atoms with van der Waals surface area (Å²) in [4.78, 5) is 62.3. The fourth-order valence-corrected chi connectivity index (χ4v) is 11.7. The number of carbonyl (C=O) groups is 5. The molecule has 3 saturated heterocycles. The van der Waals surface area contributed by atoms with Crippen molar-refractivity contribution in [3.05, 3.63) is 82.6 Å². The van der Waals surface area contributed by atoms with E-state index in [0.717, 1.165) is 25.0 Å². The zero-order valence-corrected chi connectivity index (χ0v) is 55.9. The monoisotopic (exact) mass is 1400 g/mol. The molecule has 96 heavy (non-hydrogen) atoms. The predicted octanol–water partition coefficient (Wildman–Crippen LogP) is 0.186. The van der Waals surface area contributed by atoms with Crippen molar-refractivity contribution in [1.82, 2.24) is 41.6 Å². The molecule has 3 fully saturated rings. The molecule has 0 radical (unpaired) electrons. The number of hydrogen-bond acceptors (Lipinski definition) is 25. The number of halogens is 1. The van der Waals surface area contributed by atoms with E-state index in [2.05, 4.69) is 36.9 Å². The lowest BCUT2D eigenvalue weighted by Crippen LogP contribution is -2.68. The molecule has 540 valence electrons. The first-order valence-electron chi connectivity index (χ1n) is 32.5. The third kappa shape index (κ3) is 31.7. The van der Waals surface area contributed by atoms with Gasteiger partial charge in [-0.1, -0.05) is 65.7 Å². The predicted molar refractivity (Wildman–Crippen MR) is 345 cm³/mol. The van der Waals surface area contributed by atoms with Gasteiger partial charge >= 0.3 is 12.0 Å². The summed E-state index contributed by atoms with van der Waals surface area (Å²) in [5, 5.41) is 66.3. The van der Waals surface area contributed by atoms with Gasteiger partial charge in [-0.05, 0) is 36.1 Å². The van der Waals surface area contributed by atoms with Gasteiger partial charge in [0.2, 0.25) is 17.7 Å². The Balaban J connectivity index is 0.696. The van der Waals surface area contributed by atoms with Gasteiger partial charge in [0, 0.05) is 42.0 Å². The number of thioether (sulfide) groups is 1. The lowest BCUT2D eigenvalue weighted by Gasteiger charge is -2.47. The molecule has 6 rings (SSSR count). The van der Waals surface area contributed by atoms with Crippen LogP contribution in [0.25, 0.3) is 0 Å². The number of fused-ring (bicyclic) bond motifs is 1. The van der Waals surface area contributed by atoms with Crippen LogP contribution in [0.2, 0.25) is 5.02 Å². The van der Waals surface area contributed by atoms with E-state index in [4.69, 9.17) is 77.9 Å². The number of carbonyl (C=O) groups excluding carboxylic acids is 4. The molecule has 0 aliphatic carbocycles. The highest BCUT2D eigenvalue weighted by Crippen LogP contribution is 2.37. The van der Waals surface area contributed by atoms with Gasteiger partial charge in [-0.2, -0.15) is 11.8 Å². The van der Waals surface area contributed by atoms with Gasteiger partial charge in [0.25, 0.3) is 5.79 Å². The molecule has 3 aliphatic rings. The first kappa shape index (κ1) is 79.7. The Hall–Kier alpha value is -5.31. The summed E-state index contributed by atoms with van der Waals surface area (Å²) in [6, 6.07) is 14.2. The minimum Gasteiger partial charge on any atom is -0.477 e. The van der Waals surface area contributed by atoms with Crippen LogP contribution in [0.4, 0.5) is 4.79 Å². The number of urea groups is 1. The van der Waals surface area contributed by atoms with E-state index < -0.39 is 73.6 Å². The zero-order valence-electron chi connectivity index (χ0n) is 54.3. The normalized spacial score (nSPS) is 20.5. The summed E-state index contributed by atoms with van der Waals surface area (Å²) >= 11 is 7.85. The molecule has 9 atom stereocenters. The number of carboxylic acids is 1. The Morgan fingerprint density at radius 2 is 1.23 bits per heavy atom. The van der Waals surface area contributed by atoms with Crippen LogP contribution >= 0.6 is 23.4 Å². The maximum atomic E-state index is 13.1. The molecule has 3 aliphatic heterocycles. The van der Waals surface area contributed by atoms with Crippen LogP contribution in [0.3, 0.4) is 0 Å². The third-order valence-corrected chi connectivity index (χ3v) is 16.8. The van der Waals surface area contributed by atoms with Gasteiger partial charge in [0.15, 0.2) is 0 Å². The quantitative estimate of drug-likeness (QED) is 0.0269. The molecule has 2 aromatic carbocycles. The van der Waals surface area contributed by atoms with Crippen molar-refractivity contribution in [2.75, 3.05) is 171 Å². The van der Waals surface area contributed by atoms with Crippen LogP contribution in [0.1, 0.15) is 48.9 Å². The topological polar surface area (TPSA) is 386 Å². The lowest BCUT2D eigenvalue weighted by molar-refractivity contribution is -0.318. The van der Waals surface area contributed by atoms with Gasteiger partial charge in [0.05, 0.1) is 208 Å². The van der Waals surface area contributed by atoms with Crippen molar-refractivity contribution in [1.29, 1.82) is 0 Å². The van der Waals surface area contributed by atoms with Crippen molar-refractivity contribution in [2.24, 2.45) is 0 Å². The first-order chi connectivity index (χ1) is 46.8. The van der Waals surface area contributed by atoms with E-state index in [1.54, 1.807) is 60.8 Å². The van der Waals surface area contributed by atoms with Crippen molar-refractivity contribution in [2.45, 2.75) is 112 Å². The molecule has 31 nitrogen and oxygen atoms in total. The maximum Gasteiger partial charge on any atom is 0.364 e. The summed E-state index contributed by atoms with van der Waals surface area (Å²) < 4.78 is 80.9. The summed E-state index contributed by atoms with van der Waals surface area (Å²) in [6.07, 6.45) is -2.48. The molecule has 4 heterocycles. The molecule has 0 unspecified atom stereocenters. The minimum atomic E-state index is -2.49. The van der Waals surface area contributed by atoms with Crippen LogP contribution < -0.4 is 26.6 Å². The van der Waals surface area contributed by atoms with Gasteiger partial charge in [0.1, 0.15) is 24.5 Å². The molecule has 5 amide bonds. The number of hydrogen-bond donors (Lipinski definition) is 9. The molecular weight excluding hydrogens is 1300 g/mol. The maximum absolute atomic E-state index is 13.1. The number of nitrogens with one attached hydrogen (secondary N) is 5. The van der Waals surface area contributed by atoms with Crippen LogP contribution in [0, 0.1) is 0 Å². The number of aliphatic carboxylic acids is 1. The highest BCUT2D eigenvalue weighted by molar-refractivity contribution is 8.00. The van der Waals surface area contributed by atoms with Gasteiger partial charge in [-0.3, -0.25) is 14.4 Å². The Bertz CT molecular complexity index is 2630. The molecule has 3 aromatic rings. The second-order valence-corrected chi connectivity index (χ2v) is 24.0. The fourth-order valence-electron chi connectivity index (χ4n) is 10.1. The zero-order chi connectivity index (χ0) is 68.3. The number of nitrogens with zero attached hydrogens (tertiary/aromatic N) is 3. The Morgan fingerprint density at radius 3 is 1.78 bits per heavy atom. The highest BCUT2D eigenvalue weighted by atomic mass is 35.5. The number of rotatable bonds is 56. The first-order valence-corrected chi connectivity index (χ1v) is 33.9. The summed E-state index contributed by atoms with van der Waals surface area (Å²) in [5.74, 6) is -4.51. The number of carboxylic acid groups (broad SMARTS) is 1. The number of amides is 5. The van der Waals surface area contributed by atoms with Gasteiger partial charge in [-0.25, -0.2) is 14.3 Å². The van der Waals surface area contributed by atoms with Crippen LogP contribution in [-0.4, -0.2) is 290 Å². The second kappa shape index (κ2) is 47.6. The molecule has 0 saturated carbocycles. The molecule has 33 heteroatoms. The largest absolute Gasteiger partial charge is 0.477 e. The Labute approximate surface area is 568 Å². The second-order valence-electron chi connectivity index (χ2n) is 22.3. The molecular formula is C63H97ClN8O23S. The molecule has 9 N–H and O–H groups in total. The molecule has 1 aromatic heterocycles.